The van der Waals surface area contributed by atoms with Crippen molar-refractivity contribution in [1.82, 2.24) is 5.32 Å². The Morgan fingerprint density at radius 1 is 1.17 bits per heavy atom. The molecule has 1 N–H and O–H groups in total. The van der Waals surface area contributed by atoms with E-state index in [2.05, 4.69) is 49.5 Å². The van der Waals surface area contributed by atoms with E-state index in [-0.39, 0.29) is 6.10 Å². The third kappa shape index (κ3) is 4.79. The fourth-order valence-corrected chi connectivity index (χ4v) is 1.98. The van der Waals surface area contributed by atoms with Crippen LogP contribution in [0.15, 0.2) is 30.3 Å². The van der Waals surface area contributed by atoms with Gasteiger partial charge in [-0.3, -0.25) is 0 Å². The maximum Gasteiger partial charge on any atom is 0.0949 e. The van der Waals surface area contributed by atoms with Gasteiger partial charge in [0.05, 0.1) is 12.7 Å². The van der Waals surface area contributed by atoms with Crippen molar-refractivity contribution in [3.63, 3.8) is 0 Å². The van der Waals surface area contributed by atoms with Gasteiger partial charge < -0.3 is 10.1 Å². The fourth-order valence-electron chi connectivity index (χ4n) is 1.98. The molecule has 1 unspecified atom stereocenters. The van der Waals surface area contributed by atoms with Gasteiger partial charge >= 0.3 is 0 Å². The lowest BCUT2D eigenvalue weighted by Gasteiger charge is -2.19. The topological polar surface area (TPSA) is 21.3 Å². The molecule has 0 saturated heterocycles. The summed E-state index contributed by atoms with van der Waals surface area (Å²) in [6.45, 7) is 7.35. The van der Waals surface area contributed by atoms with Crippen molar-refractivity contribution >= 4 is 0 Å². The number of hydrogen-bond acceptors (Lipinski definition) is 2. The van der Waals surface area contributed by atoms with Crippen LogP contribution in [0, 0.1) is 11.8 Å². The molecular weight excluding hydrogens is 222 g/mol. The van der Waals surface area contributed by atoms with E-state index in [1.165, 1.54) is 18.4 Å². The number of rotatable bonds is 8. The number of ether oxygens (including phenoxy) is 1. The predicted octanol–water partition coefficient (Wildman–Crippen LogP) is 3.40. The predicted molar refractivity (Wildman–Crippen MR) is 75.6 cm³/mol. The average molecular weight is 247 g/mol. The molecule has 1 saturated carbocycles. The smallest absolute Gasteiger partial charge is 0.0949 e. The molecule has 2 heteroatoms. The van der Waals surface area contributed by atoms with Gasteiger partial charge in [0.1, 0.15) is 0 Å². The van der Waals surface area contributed by atoms with Crippen LogP contribution >= 0.6 is 0 Å². The van der Waals surface area contributed by atoms with Gasteiger partial charge in [-0.15, -0.1) is 0 Å². The van der Waals surface area contributed by atoms with Crippen LogP contribution in [0.3, 0.4) is 0 Å². The molecule has 1 aromatic carbocycles. The highest BCUT2D eigenvalue weighted by atomic mass is 16.5. The summed E-state index contributed by atoms with van der Waals surface area (Å²) >= 11 is 0. The molecule has 100 valence electrons. The minimum atomic E-state index is 0.200. The van der Waals surface area contributed by atoms with Crippen LogP contribution in [0.25, 0.3) is 0 Å². The molecule has 2 nitrogen and oxygen atoms in total. The first-order valence-electron chi connectivity index (χ1n) is 7.13. The summed E-state index contributed by atoms with van der Waals surface area (Å²) in [4.78, 5) is 0. The quantitative estimate of drug-likeness (QED) is 0.760. The van der Waals surface area contributed by atoms with E-state index >= 15 is 0 Å². The molecule has 0 aliphatic heterocycles. The second-order valence-corrected chi connectivity index (χ2v) is 5.73. The zero-order valence-electron chi connectivity index (χ0n) is 11.6. The van der Waals surface area contributed by atoms with Crippen molar-refractivity contribution in [3.8, 4) is 0 Å². The Hall–Kier alpha value is -0.860. The van der Waals surface area contributed by atoms with Crippen LogP contribution in [0.5, 0.6) is 0 Å². The van der Waals surface area contributed by atoms with Crippen molar-refractivity contribution in [2.24, 2.45) is 11.8 Å². The fraction of sp³-hybridized carbons (Fsp3) is 0.625. The normalized spacial score (nSPS) is 17.1. The Morgan fingerprint density at radius 3 is 2.50 bits per heavy atom. The molecule has 1 atom stereocenters. The summed E-state index contributed by atoms with van der Waals surface area (Å²) in [5, 5.41) is 3.50. The van der Waals surface area contributed by atoms with E-state index < -0.39 is 0 Å². The van der Waals surface area contributed by atoms with Crippen LogP contribution < -0.4 is 5.32 Å². The van der Waals surface area contributed by atoms with Crippen LogP contribution in [-0.2, 0) is 4.74 Å². The molecule has 1 aliphatic carbocycles. The summed E-state index contributed by atoms with van der Waals surface area (Å²) in [5.74, 6) is 1.51. The zero-order chi connectivity index (χ0) is 12.8. The largest absolute Gasteiger partial charge is 0.372 e. The first-order chi connectivity index (χ1) is 8.75. The average Bonchev–Trinajstić information content (AvgIpc) is 3.18. The van der Waals surface area contributed by atoms with Crippen molar-refractivity contribution in [1.29, 1.82) is 0 Å². The molecule has 0 amide bonds. The minimum Gasteiger partial charge on any atom is -0.372 e. The Morgan fingerprint density at radius 2 is 1.89 bits per heavy atom. The lowest BCUT2D eigenvalue weighted by Crippen LogP contribution is -2.27. The van der Waals surface area contributed by atoms with E-state index in [0.717, 1.165) is 25.6 Å². The van der Waals surface area contributed by atoms with Gasteiger partial charge in [-0.05, 0) is 36.8 Å². The molecule has 1 aliphatic rings. The molecule has 18 heavy (non-hydrogen) atoms. The zero-order valence-corrected chi connectivity index (χ0v) is 11.6. The summed E-state index contributed by atoms with van der Waals surface area (Å²) in [5.41, 5.74) is 1.29. The van der Waals surface area contributed by atoms with E-state index in [0.29, 0.717) is 5.92 Å². The third-order valence-corrected chi connectivity index (χ3v) is 3.28. The second kappa shape index (κ2) is 6.91. The van der Waals surface area contributed by atoms with Gasteiger partial charge in [-0.1, -0.05) is 44.2 Å². The van der Waals surface area contributed by atoms with Crippen molar-refractivity contribution in [2.75, 3.05) is 19.7 Å². The number of hydrogen-bond donors (Lipinski definition) is 1. The Kier molecular flexibility index (Phi) is 5.21. The molecule has 1 aromatic rings. The van der Waals surface area contributed by atoms with Crippen LogP contribution in [0.1, 0.15) is 38.4 Å². The molecule has 0 heterocycles. The lowest BCUT2D eigenvalue weighted by molar-refractivity contribution is 0.0449. The van der Waals surface area contributed by atoms with Crippen LogP contribution in [0.2, 0.25) is 0 Å². The highest BCUT2D eigenvalue weighted by Crippen LogP contribution is 2.30. The summed E-state index contributed by atoms with van der Waals surface area (Å²) < 4.78 is 6.07. The highest BCUT2D eigenvalue weighted by Gasteiger charge is 2.23. The van der Waals surface area contributed by atoms with Crippen molar-refractivity contribution in [2.45, 2.75) is 32.8 Å². The lowest BCUT2D eigenvalue weighted by atomic mass is 10.1. The molecular formula is C16H25NO. The Bertz CT molecular complexity index is 332. The second-order valence-electron chi connectivity index (χ2n) is 5.73. The Labute approximate surface area is 111 Å². The maximum atomic E-state index is 6.07. The van der Waals surface area contributed by atoms with Gasteiger partial charge in [0.2, 0.25) is 0 Å². The van der Waals surface area contributed by atoms with Crippen LogP contribution in [-0.4, -0.2) is 19.7 Å². The SMILES string of the molecule is CC(C)CNCC(OCC1CC1)c1ccccc1. The van der Waals surface area contributed by atoms with Gasteiger partial charge in [-0.25, -0.2) is 0 Å². The van der Waals surface area contributed by atoms with Gasteiger partial charge in [0, 0.05) is 6.54 Å². The number of benzene rings is 1. The molecule has 2 rings (SSSR count). The first-order valence-corrected chi connectivity index (χ1v) is 7.13. The molecule has 0 aromatic heterocycles. The van der Waals surface area contributed by atoms with E-state index in [1.54, 1.807) is 0 Å². The van der Waals surface area contributed by atoms with Crippen molar-refractivity contribution in [3.05, 3.63) is 35.9 Å². The summed E-state index contributed by atoms with van der Waals surface area (Å²) in [6.07, 6.45) is 2.90. The summed E-state index contributed by atoms with van der Waals surface area (Å²) in [6, 6.07) is 10.6. The third-order valence-electron chi connectivity index (χ3n) is 3.28. The maximum absolute atomic E-state index is 6.07. The molecule has 0 spiro atoms. The molecule has 0 radical (unpaired) electrons. The van der Waals surface area contributed by atoms with Gasteiger partial charge in [-0.2, -0.15) is 0 Å². The molecule has 0 bridgehead atoms. The number of nitrogens with one attached hydrogen (secondary N) is 1. The Balaban J connectivity index is 1.84. The van der Waals surface area contributed by atoms with E-state index in [4.69, 9.17) is 4.74 Å². The first kappa shape index (κ1) is 13.6. The highest BCUT2D eigenvalue weighted by molar-refractivity contribution is 5.17. The monoisotopic (exact) mass is 247 g/mol. The van der Waals surface area contributed by atoms with E-state index in [1.807, 2.05) is 0 Å². The van der Waals surface area contributed by atoms with Gasteiger partial charge in [0.15, 0.2) is 0 Å². The van der Waals surface area contributed by atoms with Crippen LogP contribution in [0.4, 0.5) is 0 Å². The molecule has 1 fully saturated rings. The van der Waals surface area contributed by atoms with E-state index in [9.17, 15) is 0 Å². The van der Waals surface area contributed by atoms with Crippen molar-refractivity contribution < 1.29 is 4.74 Å². The van der Waals surface area contributed by atoms with Gasteiger partial charge in [0.25, 0.3) is 0 Å². The minimum absolute atomic E-state index is 0.200. The summed E-state index contributed by atoms with van der Waals surface area (Å²) in [7, 11) is 0. The standard InChI is InChI=1S/C16H25NO/c1-13(2)10-17-11-16(18-12-14-8-9-14)15-6-4-3-5-7-15/h3-7,13-14,16-17H,8-12H2,1-2H3.